The average molecular weight is 491 g/mol. The molecule has 1 saturated carbocycles. The normalized spacial score (nSPS) is 25.5. The van der Waals surface area contributed by atoms with Crippen LogP contribution in [0.25, 0.3) is 22.2 Å². The summed E-state index contributed by atoms with van der Waals surface area (Å²) in [7, 11) is 5.21. The van der Waals surface area contributed by atoms with Gasteiger partial charge in [0.15, 0.2) is 0 Å². The highest BCUT2D eigenvalue weighted by Gasteiger charge is 2.45. The van der Waals surface area contributed by atoms with E-state index in [1.54, 1.807) is 26.6 Å². The maximum atomic E-state index is 13.0. The summed E-state index contributed by atoms with van der Waals surface area (Å²) in [5.74, 6) is 2.36. The quantitative estimate of drug-likeness (QED) is 0.526. The van der Waals surface area contributed by atoms with Gasteiger partial charge in [-0.25, -0.2) is 9.97 Å². The molecule has 0 aromatic carbocycles. The molecule has 2 bridgehead atoms. The van der Waals surface area contributed by atoms with Crippen molar-refractivity contribution in [3.63, 3.8) is 0 Å². The third-order valence-corrected chi connectivity index (χ3v) is 8.16. The molecule has 3 saturated heterocycles. The number of hydrogen-bond acceptors (Lipinski definition) is 7. The molecule has 3 aromatic rings. The molecule has 1 amide bonds. The number of hydrogen-bond donors (Lipinski definition) is 2. The molecular weight excluding hydrogens is 456 g/mol. The van der Waals surface area contributed by atoms with Crippen LogP contribution in [0.5, 0.6) is 11.6 Å². The Morgan fingerprint density at radius 1 is 1.22 bits per heavy atom. The lowest BCUT2D eigenvalue weighted by Crippen LogP contribution is -2.54. The number of carbonyl (C=O) groups excluding carboxylic acids is 1. The molecule has 3 aliphatic heterocycles. The number of aryl methyl sites for hydroxylation is 1. The number of ether oxygens (including phenoxy) is 2. The number of rotatable bonds is 7. The number of methoxy groups -OCH3 is 2. The Morgan fingerprint density at radius 3 is 2.94 bits per heavy atom. The van der Waals surface area contributed by atoms with Gasteiger partial charge in [-0.3, -0.25) is 9.69 Å². The predicted octanol–water partition coefficient (Wildman–Crippen LogP) is 3.05. The van der Waals surface area contributed by atoms with E-state index in [1.807, 2.05) is 23.7 Å². The molecule has 3 aromatic heterocycles. The highest BCUT2D eigenvalue weighted by molar-refractivity contribution is 5.96. The summed E-state index contributed by atoms with van der Waals surface area (Å²) in [5, 5.41) is 7.72. The topological polar surface area (TPSA) is 93.5 Å². The first-order valence-corrected chi connectivity index (χ1v) is 12.9. The van der Waals surface area contributed by atoms with E-state index in [4.69, 9.17) is 9.47 Å². The van der Waals surface area contributed by atoms with Gasteiger partial charge in [0.05, 0.1) is 31.6 Å². The van der Waals surface area contributed by atoms with Crippen LogP contribution in [-0.2, 0) is 11.8 Å². The van der Waals surface area contributed by atoms with Gasteiger partial charge >= 0.3 is 0 Å². The lowest BCUT2D eigenvalue weighted by Gasteiger charge is -2.37. The van der Waals surface area contributed by atoms with Gasteiger partial charge in [0.25, 0.3) is 0 Å². The number of aromatic nitrogens is 3. The molecule has 4 fully saturated rings. The third-order valence-electron chi connectivity index (χ3n) is 8.16. The summed E-state index contributed by atoms with van der Waals surface area (Å²) in [6.07, 6.45) is 8.28. The van der Waals surface area contributed by atoms with E-state index in [9.17, 15) is 4.79 Å². The zero-order chi connectivity index (χ0) is 24.8. The van der Waals surface area contributed by atoms with E-state index < -0.39 is 0 Å². The molecule has 7 rings (SSSR count). The molecule has 4 aliphatic rings. The van der Waals surface area contributed by atoms with Crippen LogP contribution in [0.15, 0.2) is 30.6 Å². The average Bonchev–Trinajstić information content (AvgIpc) is 3.67. The largest absolute Gasteiger partial charge is 0.496 e. The summed E-state index contributed by atoms with van der Waals surface area (Å²) in [6, 6.07) is 7.05. The predicted molar refractivity (Wildman–Crippen MR) is 138 cm³/mol. The van der Waals surface area contributed by atoms with Gasteiger partial charge < -0.3 is 24.7 Å². The van der Waals surface area contributed by atoms with Crippen LogP contribution in [0.3, 0.4) is 0 Å². The van der Waals surface area contributed by atoms with Gasteiger partial charge in [-0.2, -0.15) is 0 Å². The van der Waals surface area contributed by atoms with Crippen LogP contribution in [-0.4, -0.2) is 71.3 Å². The fourth-order valence-electron chi connectivity index (χ4n) is 6.05. The van der Waals surface area contributed by atoms with Crippen molar-refractivity contribution < 1.29 is 14.3 Å². The summed E-state index contributed by atoms with van der Waals surface area (Å²) < 4.78 is 13.1. The summed E-state index contributed by atoms with van der Waals surface area (Å²) >= 11 is 0. The Morgan fingerprint density at radius 2 is 2.11 bits per heavy atom. The van der Waals surface area contributed by atoms with Crippen LogP contribution in [0.2, 0.25) is 0 Å². The number of piperazine rings is 1. The number of carbonyl (C=O) groups is 1. The Labute approximate surface area is 211 Å². The van der Waals surface area contributed by atoms with E-state index in [-0.39, 0.29) is 11.8 Å². The Kier molecular flexibility index (Phi) is 6.05. The second kappa shape index (κ2) is 9.37. The van der Waals surface area contributed by atoms with E-state index in [1.165, 1.54) is 19.3 Å². The first kappa shape index (κ1) is 23.2. The monoisotopic (exact) mass is 490 g/mol. The molecule has 1 aliphatic carbocycles. The van der Waals surface area contributed by atoms with Gasteiger partial charge in [-0.05, 0) is 43.4 Å². The van der Waals surface area contributed by atoms with Crippen LogP contribution in [0.4, 0.5) is 5.82 Å². The lowest BCUT2D eigenvalue weighted by molar-refractivity contribution is -0.117. The number of nitrogens with one attached hydrogen (secondary N) is 2. The number of fused-ring (bicyclic) bond motifs is 5. The van der Waals surface area contributed by atoms with E-state index >= 15 is 0 Å². The molecule has 2 N–H and O–H groups in total. The zero-order valence-corrected chi connectivity index (χ0v) is 21.2. The number of pyridine rings is 2. The first-order chi connectivity index (χ1) is 17.6. The van der Waals surface area contributed by atoms with E-state index in [2.05, 4.69) is 31.6 Å². The van der Waals surface area contributed by atoms with E-state index in [0.717, 1.165) is 48.2 Å². The van der Waals surface area contributed by atoms with Gasteiger partial charge in [-0.1, -0.05) is 6.42 Å². The van der Waals surface area contributed by atoms with Gasteiger partial charge in [0.2, 0.25) is 11.8 Å². The van der Waals surface area contributed by atoms with Crippen molar-refractivity contribution in [2.75, 3.05) is 39.2 Å². The Balaban J connectivity index is 1.16. The molecule has 0 radical (unpaired) electrons. The first-order valence-electron chi connectivity index (χ1n) is 12.9. The highest BCUT2D eigenvalue weighted by atomic mass is 16.5. The van der Waals surface area contributed by atoms with Crippen molar-refractivity contribution in [3.8, 4) is 22.9 Å². The van der Waals surface area contributed by atoms with Crippen LogP contribution in [0.1, 0.15) is 25.7 Å². The molecular formula is C27H34N6O3. The minimum Gasteiger partial charge on any atom is -0.496 e. The summed E-state index contributed by atoms with van der Waals surface area (Å²) in [6.45, 7) is 3.24. The zero-order valence-electron chi connectivity index (χ0n) is 21.2. The Hall–Kier alpha value is -3.17. The molecule has 2 unspecified atom stereocenters. The second-order valence-corrected chi connectivity index (χ2v) is 10.3. The SMILES string of the molecule is COc1ccnc(OC)c1-c1cc2cc(NC(=O)[C@H]3C[C@@H]3CN3CC4CCCC3CN4)ncc2n1C. The molecule has 9 heteroatoms. The molecule has 9 nitrogen and oxygen atoms in total. The van der Waals surface area contributed by atoms with Crippen LogP contribution in [0, 0.1) is 11.8 Å². The maximum absolute atomic E-state index is 13.0. The van der Waals surface area contributed by atoms with Crippen LogP contribution < -0.4 is 20.1 Å². The molecule has 0 spiro atoms. The standard InChI is InChI=1S/C27H34N6O3/c1-32-21(25-23(35-2)7-8-28-27(25)36-3)10-16-11-24(30-13-22(16)32)31-26(34)20-9-17(20)14-33-15-18-5-4-6-19(33)12-29-18/h7-8,10-11,13,17-20,29H,4-6,9,12,14-15H2,1-3H3,(H,30,31,34)/t17-,18?,19?,20+/m1/s1. The van der Waals surface area contributed by atoms with Gasteiger partial charge in [0.1, 0.15) is 17.1 Å². The van der Waals surface area contributed by atoms with Crippen molar-refractivity contribution in [1.29, 1.82) is 0 Å². The fraction of sp³-hybridized carbons (Fsp3) is 0.519. The minimum absolute atomic E-state index is 0.0764. The molecule has 190 valence electrons. The highest BCUT2D eigenvalue weighted by Crippen LogP contribution is 2.42. The van der Waals surface area contributed by atoms with Crippen molar-refractivity contribution in [3.05, 3.63) is 30.6 Å². The number of nitrogens with zero attached hydrogens (tertiary/aromatic N) is 4. The molecule has 6 heterocycles. The number of amides is 1. The van der Waals surface area contributed by atoms with Crippen LogP contribution >= 0.6 is 0 Å². The Bertz CT molecular complexity index is 1260. The lowest BCUT2D eigenvalue weighted by atomic mass is 10.1. The number of anilines is 1. The third kappa shape index (κ3) is 4.20. The van der Waals surface area contributed by atoms with Crippen molar-refractivity contribution in [1.82, 2.24) is 24.8 Å². The van der Waals surface area contributed by atoms with Gasteiger partial charge in [-0.15, -0.1) is 0 Å². The maximum Gasteiger partial charge on any atom is 0.228 e. The second-order valence-electron chi connectivity index (χ2n) is 10.3. The minimum atomic E-state index is 0.0764. The molecule has 36 heavy (non-hydrogen) atoms. The molecule has 4 atom stereocenters. The fourth-order valence-corrected chi connectivity index (χ4v) is 6.05. The van der Waals surface area contributed by atoms with Gasteiger partial charge in [0, 0.05) is 56.3 Å². The summed E-state index contributed by atoms with van der Waals surface area (Å²) in [5.41, 5.74) is 2.63. The van der Waals surface area contributed by atoms with Crippen molar-refractivity contribution >= 4 is 22.6 Å². The summed E-state index contributed by atoms with van der Waals surface area (Å²) in [4.78, 5) is 24.5. The van der Waals surface area contributed by atoms with Crippen molar-refractivity contribution in [2.24, 2.45) is 18.9 Å². The van der Waals surface area contributed by atoms with E-state index in [0.29, 0.717) is 35.4 Å². The smallest absolute Gasteiger partial charge is 0.228 e. The van der Waals surface area contributed by atoms with Crippen molar-refractivity contribution in [2.45, 2.75) is 37.8 Å².